The Morgan fingerprint density at radius 2 is 2.24 bits per heavy atom. The molecule has 1 heterocycles. The molecule has 0 bridgehead atoms. The Kier molecular flexibility index (Phi) is 3.15. The minimum Gasteiger partial charge on any atom is -0.379 e. The van der Waals surface area contributed by atoms with Crippen LogP contribution >= 0.6 is 0 Å². The van der Waals surface area contributed by atoms with E-state index in [2.05, 4.69) is 22.4 Å². The zero-order chi connectivity index (χ0) is 12.3. The van der Waals surface area contributed by atoms with E-state index in [0.29, 0.717) is 0 Å². The molecule has 2 aromatic rings. The van der Waals surface area contributed by atoms with Crippen molar-refractivity contribution >= 4 is 5.69 Å². The highest BCUT2D eigenvalue weighted by Crippen LogP contribution is 2.11. The lowest BCUT2D eigenvalue weighted by Gasteiger charge is -2.06. The van der Waals surface area contributed by atoms with Gasteiger partial charge in [0.05, 0.1) is 17.9 Å². The molecule has 2 rings (SSSR count). The summed E-state index contributed by atoms with van der Waals surface area (Å²) in [7, 11) is 1.95. The van der Waals surface area contributed by atoms with Gasteiger partial charge in [0.15, 0.2) is 0 Å². The van der Waals surface area contributed by atoms with Gasteiger partial charge in [-0.15, -0.1) is 6.42 Å². The van der Waals surface area contributed by atoms with Crippen LogP contribution in [0, 0.1) is 19.3 Å². The van der Waals surface area contributed by atoms with Crippen LogP contribution in [-0.2, 0) is 13.6 Å². The zero-order valence-electron chi connectivity index (χ0n) is 10.1. The highest BCUT2D eigenvalue weighted by Gasteiger charge is 2.01. The maximum absolute atomic E-state index is 5.36. The Morgan fingerprint density at radius 3 is 2.88 bits per heavy atom. The molecule has 0 spiro atoms. The lowest BCUT2D eigenvalue weighted by Crippen LogP contribution is -2.05. The van der Waals surface area contributed by atoms with E-state index in [1.165, 1.54) is 0 Å². The molecule has 86 valence electrons. The first kappa shape index (κ1) is 11.3. The average molecular weight is 225 g/mol. The molecule has 1 aromatic heterocycles. The molecule has 0 fully saturated rings. The summed E-state index contributed by atoms with van der Waals surface area (Å²) in [6.45, 7) is 2.73. The topological polar surface area (TPSA) is 29.9 Å². The first-order valence-corrected chi connectivity index (χ1v) is 5.49. The second kappa shape index (κ2) is 4.75. The number of terminal acetylenes is 1. The molecular weight excluding hydrogens is 210 g/mol. The molecular formula is C14H15N3. The van der Waals surface area contributed by atoms with Gasteiger partial charge in [-0.2, -0.15) is 5.10 Å². The quantitative estimate of drug-likeness (QED) is 0.812. The summed E-state index contributed by atoms with van der Waals surface area (Å²) in [4.78, 5) is 0. The number of nitrogens with one attached hydrogen (secondary N) is 1. The third kappa shape index (κ3) is 2.67. The molecule has 0 saturated carbocycles. The van der Waals surface area contributed by atoms with Crippen LogP contribution in [0.15, 0.2) is 30.3 Å². The van der Waals surface area contributed by atoms with Gasteiger partial charge in [-0.05, 0) is 31.2 Å². The first-order chi connectivity index (χ1) is 8.19. The van der Waals surface area contributed by atoms with Crippen LogP contribution in [0.25, 0.3) is 0 Å². The summed E-state index contributed by atoms with van der Waals surface area (Å²) < 4.78 is 1.88. The fraction of sp³-hybridized carbons (Fsp3) is 0.214. The third-order valence-electron chi connectivity index (χ3n) is 2.60. The Hall–Kier alpha value is -2.21. The van der Waals surface area contributed by atoms with E-state index >= 15 is 0 Å². The molecule has 0 radical (unpaired) electrons. The van der Waals surface area contributed by atoms with Crippen molar-refractivity contribution in [1.82, 2.24) is 9.78 Å². The van der Waals surface area contributed by atoms with Gasteiger partial charge in [0.1, 0.15) is 0 Å². The summed E-state index contributed by atoms with van der Waals surface area (Å²) in [6, 6.07) is 9.90. The molecule has 1 aromatic carbocycles. The van der Waals surface area contributed by atoms with E-state index in [-0.39, 0.29) is 0 Å². The van der Waals surface area contributed by atoms with Crippen molar-refractivity contribution in [1.29, 1.82) is 0 Å². The van der Waals surface area contributed by atoms with E-state index in [1.54, 1.807) is 0 Å². The lowest BCUT2D eigenvalue weighted by molar-refractivity contribution is 0.713. The summed E-state index contributed by atoms with van der Waals surface area (Å²) in [6.07, 6.45) is 5.36. The van der Waals surface area contributed by atoms with Crippen molar-refractivity contribution in [2.45, 2.75) is 13.5 Å². The van der Waals surface area contributed by atoms with Crippen LogP contribution < -0.4 is 5.32 Å². The van der Waals surface area contributed by atoms with Gasteiger partial charge >= 0.3 is 0 Å². The summed E-state index contributed by atoms with van der Waals surface area (Å²) in [5, 5.41) is 7.63. The maximum Gasteiger partial charge on any atom is 0.0597 e. The number of hydrogen-bond donors (Lipinski definition) is 1. The van der Waals surface area contributed by atoms with Crippen LogP contribution in [0.2, 0.25) is 0 Å². The highest BCUT2D eigenvalue weighted by atomic mass is 15.3. The first-order valence-electron chi connectivity index (χ1n) is 5.49. The van der Waals surface area contributed by atoms with Crippen molar-refractivity contribution < 1.29 is 0 Å². The maximum atomic E-state index is 5.36. The second-order valence-electron chi connectivity index (χ2n) is 3.98. The predicted octanol–water partition coefficient (Wildman–Crippen LogP) is 2.32. The van der Waals surface area contributed by atoms with Gasteiger partial charge < -0.3 is 5.32 Å². The Bertz CT molecular complexity index is 561. The predicted molar refractivity (Wildman–Crippen MR) is 69.6 cm³/mol. The second-order valence-corrected chi connectivity index (χ2v) is 3.98. The Labute approximate surface area is 101 Å². The van der Waals surface area contributed by atoms with E-state index in [0.717, 1.165) is 29.2 Å². The van der Waals surface area contributed by atoms with Gasteiger partial charge in [-0.25, -0.2) is 0 Å². The van der Waals surface area contributed by atoms with Crippen molar-refractivity contribution in [2.24, 2.45) is 7.05 Å². The smallest absolute Gasteiger partial charge is 0.0597 e. The lowest BCUT2D eigenvalue weighted by atomic mass is 10.2. The number of aryl methyl sites for hydroxylation is 2. The Morgan fingerprint density at radius 1 is 1.41 bits per heavy atom. The van der Waals surface area contributed by atoms with Crippen LogP contribution in [0.3, 0.4) is 0 Å². The minimum atomic E-state index is 0.741. The van der Waals surface area contributed by atoms with Gasteiger partial charge in [0.2, 0.25) is 0 Å². The molecule has 0 aliphatic heterocycles. The molecule has 0 unspecified atom stereocenters. The monoisotopic (exact) mass is 225 g/mol. The van der Waals surface area contributed by atoms with Crippen LogP contribution in [0.1, 0.15) is 17.0 Å². The third-order valence-corrected chi connectivity index (χ3v) is 2.60. The molecule has 1 N–H and O–H groups in total. The van der Waals surface area contributed by atoms with Gasteiger partial charge in [0.25, 0.3) is 0 Å². The molecule has 3 heteroatoms. The molecule has 0 amide bonds. The summed E-state index contributed by atoms with van der Waals surface area (Å²) >= 11 is 0. The van der Waals surface area contributed by atoms with Crippen LogP contribution in [0.5, 0.6) is 0 Å². The average Bonchev–Trinajstić information content (AvgIpc) is 2.65. The summed E-state index contributed by atoms with van der Waals surface area (Å²) in [5.74, 6) is 2.62. The largest absolute Gasteiger partial charge is 0.379 e. The molecule has 0 atom stereocenters. The van der Waals surface area contributed by atoms with E-state index in [4.69, 9.17) is 6.42 Å². The van der Waals surface area contributed by atoms with Crippen molar-refractivity contribution in [3.63, 3.8) is 0 Å². The zero-order valence-corrected chi connectivity index (χ0v) is 10.1. The van der Waals surface area contributed by atoms with E-state index in [9.17, 15) is 0 Å². The van der Waals surface area contributed by atoms with E-state index in [1.807, 2.05) is 42.9 Å². The van der Waals surface area contributed by atoms with Crippen LogP contribution in [-0.4, -0.2) is 9.78 Å². The molecule has 0 saturated heterocycles. The molecule has 0 aliphatic carbocycles. The van der Waals surface area contributed by atoms with Crippen molar-refractivity contribution in [3.05, 3.63) is 47.3 Å². The van der Waals surface area contributed by atoms with Crippen molar-refractivity contribution in [3.8, 4) is 12.3 Å². The fourth-order valence-electron chi connectivity index (χ4n) is 1.74. The number of hydrogen-bond acceptors (Lipinski definition) is 2. The standard InChI is InChI=1S/C14H15N3/c1-4-12-6-5-7-13(9-12)15-10-14-8-11(2)16-17(14)3/h1,5-9,15H,10H2,2-3H3. The normalized spacial score (nSPS) is 9.94. The number of aromatic nitrogens is 2. The van der Waals surface area contributed by atoms with Crippen molar-refractivity contribution in [2.75, 3.05) is 5.32 Å². The highest BCUT2D eigenvalue weighted by molar-refractivity contribution is 5.50. The van der Waals surface area contributed by atoms with Gasteiger partial charge in [-0.3, -0.25) is 4.68 Å². The molecule has 17 heavy (non-hydrogen) atoms. The fourth-order valence-corrected chi connectivity index (χ4v) is 1.74. The molecule has 0 aliphatic rings. The Balaban J connectivity index is 2.07. The number of anilines is 1. The van der Waals surface area contributed by atoms with Crippen LogP contribution in [0.4, 0.5) is 5.69 Å². The SMILES string of the molecule is C#Cc1cccc(NCc2cc(C)nn2C)c1. The van der Waals surface area contributed by atoms with Gasteiger partial charge in [-0.1, -0.05) is 12.0 Å². The minimum absolute atomic E-state index is 0.741. The number of nitrogens with zero attached hydrogens (tertiary/aromatic N) is 2. The van der Waals surface area contributed by atoms with E-state index < -0.39 is 0 Å². The number of rotatable bonds is 3. The molecule has 3 nitrogen and oxygen atoms in total. The number of benzene rings is 1. The summed E-state index contributed by atoms with van der Waals surface area (Å²) in [5.41, 5.74) is 4.09. The van der Waals surface area contributed by atoms with Gasteiger partial charge in [0, 0.05) is 18.3 Å².